The van der Waals surface area contributed by atoms with Gasteiger partial charge in [-0.1, -0.05) is 0 Å². The van der Waals surface area contributed by atoms with Crippen molar-refractivity contribution in [2.75, 3.05) is 0 Å². The summed E-state index contributed by atoms with van der Waals surface area (Å²) in [5.74, 6) is 0. The zero-order valence-electron chi connectivity index (χ0n) is 1.58. The SMILES string of the molecule is [Ni].[PH2][Co][Fe]. The Balaban J connectivity index is 0. The fourth-order valence-corrected chi connectivity index (χ4v) is 0. The first-order chi connectivity index (χ1) is 1.41. The molecule has 0 nitrogen and oxygen atoms in total. The van der Waals surface area contributed by atoms with Gasteiger partial charge in [0.15, 0.2) is 0 Å². The zero-order chi connectivity index (χ0) is 2.71. The van der Waals surface area contributed by atoms with E-state index in [9.17, 15) is 0 Å². The molecule has 0 N–H and O–H groups in total. The molecule has 0 bridgehead atoms. The summed E-state index contributed by atoms with van der Waals surface area (Å²) in [5.41, 5.74) is 0. The molecular formula is H2CoFeNiP. The van der Waals surface area contributed by atoms with E-state index in [-0.39, 0.29) is 16.5 Å². The molecule has 34 valence electrons. The molecule has 0 spiro atoms. The van der Waals surface area contributed by atoms with Crippen LogP contribution in [0.2, 0.25) is 0 Å². The maximum atomic E-state index is 3.42. The summed E-state index contributed by atoms with van der Waals surface area (Å²) in [6.07, 6.45) is 0. The molecule has 0 radical (unpaired) electrons. The predicted octanol–water partition coefficient (Wildman–Crippen LogP) is 0.318. The van der Waals surface area contributed by atoms with E-state index in [2.05, 4.69) is 22.2 Å². The molecule has 1 atom stereocenters. The van der Waals surface area contributed by atoms with Crippen LogP contribution in [0.4, 0.5) is 0 Å². The molecule has 4 heavy (non-hydrogen) atoms. The Labute approximate surface area is 51.0 Å². The quantitative estimate of drug-likeness (QED) is 0.396. The summed E-state index contributed by atoms with van der Waals surface area (Å²) < 4.78 is 0. The molecule has 0 saturated heterocycles. The van der Waals surface area contributed by atoms with Crippen molar-refractivity contribution in [1.82, 2.24) is 0 Å². The van der Waals surface area contributed by atoms with Gasteiger partial charge in [-0.15, -0.1) is 0 Å². The van der Waals surface area contributed by atoms with E-state index in [0.29, 0.717) is 0 Å². The van der Waals surface area contributed by atoms with Crippen molar-refractivity contribution in [3.8, 4) is 0 Å². The summed E-state index contributed by atoms with van der Waals surface area (Å²) in [6.45, 7) is 0. The van der Waals surface area contributed by atoms with Gasteiger partial charge in [0, 0.05) is 16.5 Å². The fraction of sp³-hybridized carbons (Fsp3) is 0. The van der Waals surface area contributed by atoms with Gasteiger partial charge in [-0.2, -0.15) is 0 Å². The van der Waals surface area contributed by atoms with Crippen molar-refractivity contribution in [2.45, 2.75) is 0 Å². The van der Waals surface area contributed by atoms with Gasteiger partial charge >= 0.3 is 34.7 Å². The van der Waals surface area contributed by atoms with Gasteiger partial charge in [-0.3, -0.25) is 0 Å². The Kier molecular flexibility index (Phi) is 20.7. The molecule has 0 aliphatic carbocycles. The normalized spacial score (nSPS) is 5.50. The Morgan fingerprint density at radius 3 is 1.75 bits per heavy atom. The first-order valence-corrected chi connectivity index (χ1v) is 4.38. The molecule has 0 aliphatic rings. The van der Waals surface area contributed by atoms with E-state index in [0.717, 1.165) is 12.5 Å². The van der Waals surface area contributed by atoms with E-state index < -0.39 is 0 Å². The first kappa shape index (κ1) is 9.34. The van der Waals surface area contributed by atoms with E-state index in [1.54, 1.807) is 0 Å². The molecule has 0 fully saturated rings. The average molecular weight is 206 g/mol. The maximum absolute atomic E-state index is 3.42. The van der Waals surface area contributed by atoms with Crippen LogP contribution in [0.1, 0.15) is 0 Å². The number of rotatable bonds is 0. The van der Waals surface area contributed by atoms with Crippen molar-refractivity contribution < 1.29 is 43.2 Å². The van der Waals surface area contributed by atoms with Crippen LogP contribution >= 0.6 is 7.97 Å². The molecule has 4 heteroatoms. The van der Waals surface area contributed by atoms with Crippen LogP contribution in [0.5, 0.6) is 0 Å². The van der Waals surface area contributed by atoms with Crippen molar-refractivity contribution in [3.63, 3.8) is 0 Å². The van der Waals surface area contributed by atoms with Crippen molar-refractivity contribution in [3.05, 3.63) is 0 Å². The zero-order valence-corrected chi connectivity index (χ0v) is 5.87. The molecule has 0 heterocycles. The van der Waals surface area contributed by atoms with Gasteiger partial charge < -0.3 is 0 Å². The minimum atomic E-state index is 0. The number of hydrogen-bond donors (Lipinski definition) is 0. The molecule has 0 saturated carbocycles. The number of hydrogen-bond acceptors (Lipinski definition) is 0. The van der Waals surface area contributed by atoms with Gasteiger partial charge in [0.1, 0.15) is 0 Å². The van der Waals surface area contributed by atoms with Crippen LogP contribution in [0.25, 0.3) is 0 Å². The molecule has 0 aromatic carbocycles. The average Bonchev–Trinajstić information content (AvgIpc) is 0.918. The molecule has 0 aromatic rings. The van der Waals surface area contributed by atoms with Crippen LogP contribution < -0.4 is 0 Å². The second-order valence-corrected chi connectivity index (χ2v) is 3.47. The second-order valence-electron chi connectivity index (χ2n) is 0.0680. The van der Waals surface area contributed by atoms with Gasteiger partial charge in [-0.05, 0) is 0 Å². The van der Waals surface area contributed by atoms with Crippen LogP contribution in [-0.2, 0) is 43.2 Å². The third-order valence-corrected chi connectivity index (χ3v) is 0. The Hall–Kier alpha value is 1.95. The molecule has 0 aromatic heterocycles. The Morgan fingerprint density at radius 1 is 1.75 bits per heavy atom. The standard InChI is InChI=1S/Co.Fe.Ni.H2P/h;;;1H2/q+1;;;-1. The Morgan fingerprint density at radius 2 is 1.75 bits per heavy atom. The predicted molar refractivity (Wildman–Crippen MR) is 9.71 cm³/mol. The third-order valence-electron chi connectivity index (χ3n) is 0. The molecule has 0 amide bonds. The van der Waals surface area contributed by atoms with Crippen molar-refractivity contribution in [1.29, 1.82) is 0 Å². The molecule has 1 unspecified atom stereocenters. The third kappa shape index (κ3) is 9.04. The van der Waals surface area contributed by atoms with Gasteiger partial charge in [0.2, 0.25) is 0 Å². The topological polar surface area (TPSA) is 0 Å². The van der Waals surface area contributed by atoms with Crippen LogP contribution in [0.3, 0.4) is 0 Å². The van der Waals surface area contributed by atoms with Gasteiger partial charge in [0.25, 0.3) is 0 Å². The van der Waals surface area contributed by atoms with Gasteiger partial charge in [0.05, 0.1) is 0 Å². The van der Waals surface area contributed by atoms with E-state index >= 15 is 0 Å². The first-order valence-electron chi connectivity index (χ1n) is 0.310. The van der Waals surface area contributed by atoms with E-state index in [1.165, 1.54) is 0 Å². The van der Waals surface area contributed by atoms with Gasteiger partial charge in [-0.25, -0.2) is 0 Å². The minimum absolute atomic E-state index is 0. The summed E-state index contributed by atoms with van der Waals surface area (Å²) in [6, 6.07) is 0. The Bertz CT molecular complexity index is 8.00. The summed E-state index contributed by atoms with van der Waals surface area (Å²) in [7, 11) is 2.44. The summed E-state index contributed by atoms with van der Waals surface area (Å²) in [5, 5.41) is 0. The summed E-state index contributed by atoms with van der Waals surface area (Å²) in [4.78, 5) is 0. The molecular weight excluding hydrogens is 204 g/mol. The van der Waals surface area contributed by atoms with E-state index in [4.69, 9.17) is 0 Å². The fourth-order valence-electron chi connectivity index (χ4n) is 0. The second kappa shape index (κ2) is 8.87. The van der Waals surface area contributed by atoms with Crippen LogP contribution in [-0.4, -0.2) is 0 Å². The van der Waals surface area contributed by atoms with Crippen molar-refractivity contribution in [2.24, 2.45) is 0 Å². The van der Waals surface area contributed by atoms with Crippen molar-refractivity contribution >= 4 is 7.97 Å². The molecule has 0 aliphatic heterocycles. The van der Waals surface area contributed by atoms with Crippen LogP contribution in [0.15, 0.2) is 0 Å². The monoisotopic (exact) mass is 206 g/mol. The molecule has 0 rings (SSSR count). The van der Waals surface area contributed by atoms with Crippen LogP contribution in [0, 0.1) is 0 Å². The van der Waals surface area contributed by atoms with E-state index in [1.807, 2.05) is 0 Å². The summed E-state index contributed by atoms with van der Waals surface area (Å²) >= 11 is 4.52.